The lowest BCUT2D eigenvalue weighted by Crippen LogP contribution is -2.50. The van der Waals surface area contributed by atoms with Gasteiger partial charge in [0.05, 0.1) is 7.11 Å². The topological polar surface area (TPSA) is 58.6 Å². The van der Waals surface area contributed by atoms with Gasteiger partial charge in [0, 0.05) is 26.1 Å². The molecule has 1 rings (SSSR count). The van der Waals surface area contributed by atoms with Crippen LogP contribution in [0.1, 0.15) is 40.0 Å². The molecule has 19 heavy (non-hydrogen) atoms. The molecule has 110 valence electrons. The van der Waals surface area contributed by atoms with Gasteiger partial charge in [0.2, 0.25) is 5.91 Å². The highest BCUT2D eigenvalue weighted by atomic mass is 16.5. The molecule has 1 fully saturated rings. The summed E-state index contributed by atoms with van der Waals surface area (Å²) in [6.07, 6.45) is 2.57. The van der Waals surface area contributed by atoms with Gasteiger partial charge in [-0.3, -0.25) is 9.59 Å². The van der Waals surface area contributed by atoms with Crippen LogP contribution in [0.4, 0.5) is 0 Å². The smallest absolute Gasteiger partial charge is 0.322 e. The zero-order chi connectivity index (χ0) is 14.4. The normalized spacial score (nSPS) is 18.5. The van der Waals surface area contributed by atoms with E-state index in [0.29, 0.717) is 12.0 Å². The Kier molecular flexibility index (Phi) is 6.28. The first-order valence-electron chi connectivity index (χ1n) is 7.03. The first kappa shape index (κ1) is 16.0. The zero-order valence-corrected chi connectivity index (χ0v) is 12.4. The molecule has 1 atom stereocenters. The molecule has 0 saturated carbocycles. The fourth-order valence-electron chi connectivity index (χ4n) is 2.49. The van der Waals surface area contributed by atoms with Crippen molar-refractivity contribution in [2.75, 3.05) is 20.2 Å². The number of ether oxygens (including phenoxy) is 1. The molecule has 0 aromatic heterocycles. The molecule has 1 heterocycles. The molecular formula is C14H26N2O3. The second kappa shape index (κ2) is 7.48. The molecule has 5 nitrogen and oxygen atoms in total. The molecule has 0 spiro atoms. The molecule has 1 saturated heterocycles. The Hall–Kier alpha value is -1.10. The van der Waals surface area contributed by atoms with E-state index in [2.05, 4.69) is 19.2 Å². The number of carbonyl (C=O) groups excluding carboxylic acids is 2. The van der Waals surface area contributed by atoms with Gasteiger partial charge in [-0.1, -0.05) is 13.8 Å². The van der Waals surface area contributed by atoms with E-state index in [0.717, 1.165) is 32.4 Å². The van der Waals surface area contributed by atoms with Gasteiger partial charge in [-0.2, -0.15) is 0 Å². The van der Waals surface area contributed by atoms with Gasteiger partial charge in [-0.15, -0.1) is 0 Å². The Bertz CT molecular complexity index is 310. The predicted molar refractivity (Wildman–Crippen MR) is 73.7 cm³/mol. The summed E-state index contributed by atoms with van der Waals surface area (Å²) in [6, 6.07) is 0.0531. The molecule has 1 aliphatic heterocycles. The number of nitrogens with zero attached hydrogens (tertiary/aromatic N) is 1. The van der Waals surface area contributed by atoms with Crippen molar-refractivity contribution in [1.29, 1.82) is 0 Å². The van der Waals surface area contributed by atoms with Crippen molar-refractivity contribution in [3.8, 4) is 0 Å². The SMILES string of the molecule is COC(=O)C(CC(C)C)NC1CCN(C(C)=O)CC1. The predicted octanol–water partition coefficient (Wildman–Crippen LogP) is 1.17. The number of amides is 1. The summed E-state index contributed by atoms with van der Waals surface area (Å²) in [6.45, 7) is 7.32. The van der Waals surface area contributed by atoms with Crippen molar-refractivity contribution in [1.82, 2.24) is 10.2 Å². The Morgan fingerprint density at radius 3 is 2.32 bits per heavy atom. The van der Waals surface area contributed by atoms with Crippen molar-refractivity contribution in [3.63, 3.8) is 0 Å². The standard InChI is InChI=1S/C14H26N2O3/c1-10(2)9-13(14(18)19-4)15-12-5-7-16(8-6-12)11(3)17/h10,12-13,15H,5-9H2,1-4H3. The van der Waals surface area contributed by atoms with Gasteiger partial charge in [0.25, 0.3) is 0 Å². The van der Waals surface area contributed by atoms with Gasteiger partial charge < -0.3 is 15.0 Å². The summed E-state index contributed by atoms with van der Waals surface area (Å²) in [5, 5.41) is 3.38. The first-order chi connectivity index (χ1) is 8.93. The van der Waals surface area contributed by atoms with Gasteiger partial charge in [0.15, 0.2) is 0 Å². The molecule has 0 aliphatic carbocycles. The Morgan fingerprint density at radius 2 is 1.89 bits per heavy atom. The van der Waals surface area contributed by atoms with Gasteiger partial charge in [-0.05, 0) is 25.2 Å². The van der Waals surface area contributed by atoms with E-state index in [-0.39, 0.29) is 17.9 Å². The van der Waals surface area contributed by atoms with Gasteiger partial charge >= 0.3 is 5.97 Å². The minimum absolute atomic E-state index is 0.130. The Balaban J connectivity index is 2.47. The quantitative estimate of drug-likeness (QED) is 0.762. The minimum Gasteiger partial charge on any atom is -0.468 e. The van der Waals surface area contributed by atoms with E-state index in [1.807, 2.05) is 4.90 Å². The van der Waals surface area contributed by atoms with Crippen molar-refractivity contribution < 1.29 is 14.3 Å². The number of nitrogens with one attached hydrogen (secondary N) is 1. The van der Waals surface area contributed by atoms with E-state index < -0.39 is 0 Å². The lowest BCUT2D eigenvalue weighted by molar-refractivity contribution is -0.144. The summed E-state index contributed by atoms with van der Waals surface area (Å²) in [4.78, 5) is 24.9. The van der Waals surface area contributed by atoms with E-state index in [1.165, 1.54) is 7.11 Å². The van der Waals surface area contributed by atoms with E-state index in [1.54, 1.807) is 6.92 Å². The molecule has 0 aromatic rings. The molecular weight excluding hydrogens is 244 g/mol. The Morgan fingerprint density at radius 1 is 1.32 bits per heavy atom. The maximum absolute atomic E-state index is 11.7. The van der Waals surface area contributed by atoms with Crippen LogP contribution in [-0.2, 0) is 14.3 Å². The average Bonchev–Trinajstić information content (AvgIpc) is 2.37. The minimum atomic E-state index is -0.237. The van der Waals surface area contributed by atoms with Crippen molar-refractivity contribution in [2.45, 2.75) is 52.1 Å². The fourth-order valence-corrected chi connectivity index (χ4v) is 2.49. The third-order valence-electron chi connectivity index (χ3n) is 3.57. The fraction of sp³-hybridized carbons (Fsp3) is 0.857. The van der Waals surface area contributed by atoms with Crippen molar-refractivity contribution in [3.05, 3.63) is 0 Å². The molecule has 0 aromatic carbocycles. The molecule has 1 aliphatic rings. The van der Waals surface area contributed by atoms with Crippen molar-refractivity contribution in [2.24, 2.45) is 5.92 Å². The summed E-state index contributed by atoms with van der Waals surface area (Å²) in [7, 11) is 1.43. The number of hydrogen-bond acceptors (Lipinski definition) is 4. The second-order valence-electron chi connectivity index (χ2n) is 5.65. The molecule has 1 N–H and O–H groups in total. The molecule has 0 bridgehead atoms. The van der Waals surface area contributed by atoms with E-state index >= 15 is 0 Å². The van der Waals surface area contributed by atoms with Crippen LogP contribution >= 0.6 is 0 Å². The van der Waals surface area contributed by atoms with Crippen LogP contribution in [0.2, 0.25) is 0 Å². The largest absolute Gasteiger partial charge is 0.468 e. The van der Waals surface area contributed by atoms with Gasteiger partial charge in [-0.25, -0.2) is 0 Å². The van der Waals surface area contributed by atoms with Crippen LogP contribution in [0.25, 0.3) is 0 Å². The van der Waals surface area contributed by atoms with Crippen LogP contribution < -0.4 is 5.32 Å². The number of piperidine rings is 1. The zero-order valence-electron chi connectivity index (χ0n) is 12.4. The summed E-state index contributed by atoms with van der Waals surface area (Å²) in [5.41, 5.74) is 0. The van der Waals surface area contributed by atoms with Crippen LogP contribution in [0.15, 0.2) is 0 Å². The Labute approximate surface area is 115 Å². The third-order valence-corrected chi connectivity index (χ3v) is 3.57. The number of rotatable bonds is 5. The second-order valence-corrected chi connectivity index (χ2v) is 5.65. The van der Waals surface area contributed by atoms with Crippen molar-refractivity contribution >= 4 is 11.9 Å². The number of esters is 1. The highest BCUT2D eigenvalue weighted by molar-refractivity contribution is 5.75. The molecule has 0 radical (unpaired) electrons. The molecule has 1 unspecified atom stereocenters. The number of methoxy groups -OCH3 is 1. The van der Waals surface area contributed by atoms with E-state index in [4.69, 9.17) is 4.74 Å². The molecule has 1 amide bonds. The van der Waals surface area contributed by atoms with Gasteiger partial charge in [0.1, 0.15) is 6.04 Å². The van der Waals surface area contributed by atoms with Crippen LogP contribution in [0.5, 0.6) is 0 Å². The average molecular weight is 270 g/mol. The lowest BCUT2D eigenvalue weighted by Gasteiger charge is -2.33. The van der Waals surface area contributed by atoms with Crippen LogP contribution in [0.3, 0.4) is 0 Å². The first-order valence-corrected chi connectivity index (χ1v) is 7.03. The molecule has 5 heteroatoms. The summed E-state index contributed by atoms with van der Waals surface area (Å²) >= 11 is 0. The monoisotopic (exact) mass is 270 g/mol. The summed E-state index contributed by atoms with van der Waals surface area (Å²) < 4.78 is 4.85. The number of likely N-dealkylation sites (tertiary alicyclic amines) is 1. The summed E-state index contributed by atoms with van der Waals surface area (Å²) in [5.74, 6) is 0.377. The maximum atomic E-state index is 11.7. The highest BCUT2D eigenvalue weighted by Gasteiger charge is 2.27. The lowest BCUT2D eigenvalue weighted by atomic mass is 9.99. The number of hydrogen-bond donors (Lipinski definition) is 1. The third kappa shape index (κ3) is 5.19. The van der Waals surface area contributed by atoms with Crippen LogP contribution in [-0.4, -0.2) is 49.1 Å². The highest BCUT2D eigenvalue weighted by Crippen LogP contribution is 2.14. The van der Waals surface area contributed by atoms with E-state index in [9.17, 15) is 9.59 Å². The number of carbonyl (C=O) groups is 2. The van der Waals surface area contributed by atoms with Crippen LogP contribution in [0, 0.1) is 5.92 Å². The maximum Gasteiger partial charge on any atom is 0.322 e.